The second-order valence-electron chi connectivity index (χ2n) is 4.03. The van der Waals surface area contributed by atoms with Gasteiger partial charge in [-0.1, -0.05) is 6.07 Å². The summed E-state index contributed by atoms with van der Waals surface area (Å²) in [5, 5.41) is 0. The number of carbonyl (C=O) groups is 1. The zero-order chi connectivity index (χ0) is 12.8. The number of ether oxygens (including phenoxy) is 2. The van der Waals surface area contributed by atoms with Crippen molar-refractivity contribution in [3.05, 3.63) is 28.8 Å². The van der Waals surface area contributed by atoms with Crippen LogP contribution in [0.4, 0.5) is 0 Å². The first kappa shape index (κ1) is 13.7. The van der Waals surface area contributed by atoms with Crippen LogP contribution >= 0.6 is 0 Å². The Labute approximate surface area is 103 Å². The molecule has 0 amide bonds. The highest BCUT2D eigenvalue weighted by Crippen LogP contribution is 2.25. The van der Waals surface area contributed by atoms with Gasteiger partial charge in [0.1, 0.15) is 5.75 Å². The molecular formula is C14H20O3. The number of aryl methyl sites for hydroxylation is 2. The molecule has 1 aromatic rings. The summed E-state index contributed by atoms with van der Waals surface area (Å²) in [6.45, 7) is 6.94. The van der Waals surface area contributed by atoms with E-state index in [4.69, 9.17) is 9.47 Å². The van der Waals surface area contributed by atoms with Crippen LogP contribution in [0.3, 0.4) is 0 Å². The van der Waals surface area contributed by atoms with E-state index in [9.17, 15) is 4.79 Å². The van der Waals surface area contributed by atoms with Gasteiger partial charge in [0.25, 0.3) is 0 Å². The van der Waals surface area contributed by atoms with E-state index in [1.165, 1.54) is 0 Å². The monoisotopic (exact) mass is 236 g/mol. The minimum Gasteiger partial charge on any atom is -0.496 e. The van der Waals surface area contributed by atoms with Crippen LogP contribution in [0.15, 0.2) is 12.1 Å². The maximum absolute atomic E-state index is 12.1. The van der Waals surface area contributed by atoms with Gasteiger partial charge in [-0.05, 0) is 38.0 Å². The van der Waals surface area contributed by atoms with Gasteiger partial charge in [-0.2, -0.15) is 0 Å². The SMILES string of the molecule is CCOCCC(=O)c1c(C)cc(C)cc1OC. The maximum atomic E-state index is 12.1. The summed E-state index contributed by atoms with van der Waals surface area (Å²) >= 11 is 0. The second-order valence-corrected chi connectivity index (χ2v) is 4.03. The first-order valence-electron chi connectivity index (χ1n) is 5.86. The zero-order valence-corrected chi connectivity index (χ0v) is 11.0. The summed E-state index contributed by atoms with van der Waals surface area (Å²) in [7, 11) is 1.59. The molecule has 0 bridgehead atoms. The molecule has 0 aliphatic rings. The molecule has 0 fully saturated rings. The van der Waals surface area contributed by atoms with Crippen LogP contribution in [0.1, 0.15) is 34.8 Å². The lowest BCUT2D eigenvalue weighted by Crippen LogP contribution is -2.08. The van der Waals surface area contributed by atoms with Crippen LogP contribution in [-0.4, -0.2) is 26.1 Å². The third-order valence-electron chi connectivity index (χ3n) is 2.62. The van der Waals surface area contributed by atoms with E-state index in [0.717, 1.165) is 11.1 Å². The number of hydrogen-bond donors (Lipinski definition) is 0. The molecule has 0 aromatic heterocycles. The first-order chi connectivity index (χ1) is 8.10. The number of ketones is 1. The molecule has 0 unspecified atom stereocenters. The minimum atomic E-state index is 0.0767. The van der Waals surface area contributed by atoms with Crippen LogP contribution in [0.5, 0.6) is 5.75 Å². The van der Waals surface area contributed by atoms with Gasteiger partial charge >= 0.3 is 0 Å². The Morgan fingerprint density at radius 3 is 2.59 bits per heavy atom. The van der Waals surface area contributed by atoms with Gasteiger partial charge in [-0.3, -0.25) is 4.79 Å². The van der Waals surface area contributed by atoms with Crippen LogP contribution in [0.25, 0.3) is 0 Å². The number of carbonyl (C=O) groups excluding carboxylic acids is 1. The predicted molar refractivity (Wildman–Crippen MR) is 67.9 cm³/mol. The number of hydrogen-bond acceptors (Lipinski definition) is 3. The Morgan fingerprint density at radius 2 is 2.00 bits per heavy atom. The molecular weight excluding hydrogens is 216 g/mol. The number of rotatable bonds is 6. The Morgan fingerprint density at radius 1 is 1.29 bits per heavy atom. The summed E-state index contributed by atoms with van der Waals surface area (Å²) in [5.74, 6) is 0.733. The molecule has 1 rings (SSSR count). The molecule has 0 radical (unpaired) electrons. The summed E-state index contributed by atoms with van der Waals surface area (Å²) < 4.78 is 10.5. The fourth-order valence-corrected chi connectivity index (χ4v) is 1.88. The molecule has 3 heteroatoms. The van der Waals surface area contributed by atoms with Crippen molar-refractivity contribution in [2.45, 2.75) is 27.2 Å². The average molecular weight is 236 g/mol. The molecule has 1 aromatic carbocycles. The molecule has 94 valence electrons. The molecule has 0 spiro atoms. The summed E-state index contributed by atoms with van der Waals surface area (Å²) in [6, 6.07) is 3.89. The van der Waals surface area contributed by atoms with Gasteiger partial charge < -0.3 is 9.47 Å². The van der Waals surface area contributed by atoms with Gasteiger partial charge in [0.15, 0.2) is 5.78 Å². The Bertz CT molecular complexity index is 397. The molecule has 0 saturated heterocycles. The van der Waals surface area contributed by atoms with Crippen molar-refractivity contribution in [2.24, 2.45) is 0 Å². The van der Waals surface area contributed by atoms with Crippen molar-refractivity contribution in [3.8, 4) is 5.75 Å². The molecule has 0 aliphatic heterocycles. The lowest BCUT2D eigenvalue weighted by Gasteiger charge is -2.12. The van der Waals surface area contributed by atoms with Gasteiger partial charge in [-0.25, -0.2) is 0 Å². The molecule has 0 N–H and O–H groups in total. The van der Waals surface area contributed by atoms with Crippen molar-refractivity contribution < 1.29 is 14.3 Å². The number of benzene rings is 1. The van der Waals surface area contributed by atoms with Gasteiger partial charge in [0.2, 0.25) is 0 Å². The molecule has 17 heavy (non-hydrogen) atoms. The quantitative estimate of drug-likeness (QED) is 0.562. The van der Waals surface area contributed by atoms with E-state index in [0.29, 0.717) is 30.9 Å². The van der Waals surface area contributed by atoms with Crippen LogP contribution in [0.2, 0.25) is 0 Å². The van der Waals surface area contributed by atoms with E-state index in [-0.39, 0.29) is 5.78 Å². The molecule has 0 atom stereocenters. The second kappa shape index (κ2) is 6.40. The van der Waals surface area contributed by atoms with Crippen LogP contribution < -0.4 is 4.74 Å². The molecule has 0 heterocycles. The van der Waals surface area contributed by atoms with Crippen molar-refractivity contribution >= 4 is 5.78 Å². The highest BCUT2D eigenvalue weighted by molar-refractivity contribution is 6.00. The van der Waals surface area contributed by atoms with Crippen LogP contribution in [-0.2, 0) is 4.74 Å². The van der Waals surface area contributed by atoms with E-state index in [1.54, 1.807) is 7.11 Å². The summed E-state index contributed by atoms with van der Waals surface area (Å²) in [5.41, 5.74) is 2.74. The fourth-order valence-electron chi connectivity index (χ4n) is 1.88. The van der Waals surface area contributed by atoms with Gasteiger partial charge in [0, 0.05) is 13.0 Å². The highest BCUT2D eigenvalue weighted by atomic mass is 16.5. The van der Waals surface area contributed by atoms with E-state index in [1.807, 2.05) is 32.9 Å². The van der Waals surface area contributed by atoms with E-state index >= 15 is 0 Å². The standard InChI is InChI=1S/C14H20O3/c1-5-17-7-6-12(15)14-11(3)8-10(2)9-13(14)16-4/h8-9H,5-7H2,1-4H3. The van der Waals surface area contributed by atoms with Gasteiger partial charge in [-0.15, -0.1) is 0 Å². The largest absolute Gasteiger partial charge is 0.496 e. The number of methoxy groups -OCH3 is 1. The first-order valence-corrected chi connectivity index (χ1v) is 5.86. The van der Waals surface area contributed by atoms with Crippen LogP contribution in [0, 0.1) is 13.8 Å². The smallest absolute Gasteiger partial charge is 0.169 e. The van der Waals surface area contributed by atoms with E-state index < -0.39 is 0 Å². The third kappa shape index (κ3) is 3.56. The molecule has 0 aliphatic carbocycles. The highest BCUT2D eigenvalue weighted by Gasteiger charge is 2.15. The lowest BCUT2D eigenvalue weighted by atomic mass is 9.99. The van der Waals surface area contributed by atoms with Crippen molar-refractivity contribution in [1.82, 2.24) is 0 Å². The Kier molecular flexibility index (Phi) is 5.16. The summed E-state index contributed by atoms with van der Waals surface area (Å²) in [6.07, 6.45) is 0.397. The van der Waals surface area contributed by atoms with Crippen molar-refractivity contribution in [3.63, 3.8) is 0 Å². The topological polar surface area (TPSA) is 35.5 Å². The lowest BCUT2D eigenvalue weighted by molar-refractivity contribution is 0.0892. The average Bonchev–Trinajstić information content (AvgIpc) is 2.27. The van der Waals surface area contributed by atoms with E-state index in [2.05, 4.69) is 0 Å². The number of Topliss-reactive ketones (excluding diaryl/α,β-unsaturated/α-hetero) is 1. The zero-order valence-electron chi connectivity index (χ0n) is 11.0. The Balaban J connectivity index is 2.92. The predicted octanol–water partition coefficient (Wildman–Crippen LogP) is 2.92. The minimum absolute atomic E-state index is 0.0767. The summed E-state index contributed by atoms with van der Waals surface area (Å²) in [4.78, 5) is 12.1. The van der Waals surface area contributed by atoms with Crippen molar-refractivity contribution in [2.75, 3.05) is 20.3 Å². The van der Waals surface area contributed by atoms with Gasteiger partial charge in [0.05, 0.1) is 19.3 Å². The Hall–Kier alpha value is -1.35. The van der Waals surface area contributed by atoms with Crippen molar-refractivity contribution in [1.29, 1.82) is 0 Å². The third-order valence-corrected chi connectivity index (χ3v) is 2.62. The molecule has 3 nitrogen and oxygen atoms in total. The fraction of sp³-hybridized carbons (Fsp3) is 0.500. The normalized spacial score (nSPS) is 10.4. The maximum Gasteiger partial charge on any atom is 0.169 e. The molecule has 0 saturated carbocycles.